The number of hydrogen-bond acceptors (Lipinski definition) is 4. The summed E-state index contributed by atoms with van der Waals surface area (Å²) < 4.78 is 1.87. The predicted octanol–water partition coefficient (Wildman–Crippen LogP) is 3.19. The Hall–Kier alpha value is -2.15. The molecule has 0 bridgehead atoms. The molecule has 6 nitrogen and oxygen atoms in total. The largest absolute Gasteiger partial charge is 0.343 e. The third-order valence-electron chi connectivity index (χ3n) is 4.21. The molecule has 0 fully saturated rings. The van der Waals surface area contributed by atoms with Crippen LogP contribution < -0.4 is 0 Å². The number of pyridine rings is 1. The van der Waals surface area contributed by atoms with Crippen molar-refractivity contribution in [2.45, 2.75) is 6.54 Å². The number of halogens is 2. The molecule has 2 heterocycles. The average molecular weight is 408 g/mol. The van der Waals surface area contributed by atoms with E-state index in [1.807, 2.05) is 62.1 Å². The minimum Gasteiger partial charge on any atom is -0.343 e. The number of amides is 1. The molecule has 0 N–H and O–H groups in total. The maximum atomic E-state index is 12.7. The standard InChI is InChI=1S/C19H22ClN5O.ClH/c1-23(2)11-12-24(3)17(26)13-25-18(14-6-8-15(20)9-7-14)22-16-5-4-10-21-19(16)25;/h4-10H,11-13H2,1-3H3;1H. The molecule has 0 saturated carbocycles. The van der Waals surface area contributed by atoms with Crippen LogP contribution in [0.15, 0.2) is 42.6 Å². The van der Waals surface area contributed by atoms with E-state index in [1.165, 1.54) is 0 Å². The number of rotatable bonds is 6. The lowest BCUT2D eigenvalue weighted by Gasteiger charge is -2.20. The molecule has 0 aliphatic rings. The van der Waals surface area contributed by atoms with Gasteiger partial charge in [-0.3, -0.25) is 9.36 Å². The lowest BCUT2D eigenvalue weighted by Crippen LogP contribution is -2.35. The average Bonchev–Trinajstić information content (AvgIpc) is 2.99. The van der Waals surface area contributed by atoms with Gasteiger partial charge < -0.3 is 9.80 Å². The van der Waals surface area contributed by atoms with E-state index < -0.39 is 0 Å². The van der Waals surface area contributed by atoms with Crippen molar-refractivity contribution in [3.63, 3.8) is 0 Å². The summed E-state index contributed by atoms with van der Waals surface area (Å²) in [6, 6.07) is 11.2. The molecule has 0 saturated heterocycles. The van der Waals surface area contributed by atoms with Gasteiger partial charge in [-0.1, -0.05) is 11.6 Å². The first-order valence-electron chi connectivity index (χ1n) is 8.41. The van der Waals surface area contributed by atoms with Crippen LogP contribution in [-0.4, -0.2) is 64.5 Å². The van der Waals surface area contributed by atoms with Gasteiger partial charge in [0.05, 0.1) is 0 Å². The van der Waals surface area contributed by atoms with Gasteiger partial charge in [0.2, 0.25) is 5.91 Å². The Morgan fingerprint density at radius 3 is 2.48 bits per heavy atom. The summed E-state index contributed by atoms with van der Waals surface area (Å²) in [5, 5.41) is 0.661. The SMILES string of the molecule is CN(C)CCN(C)C(=O)Cn1c(-c2ccc(Cl)cc2)nc2cccnc21.Cl. The Balaban J connectivity index is 0.00000261. The minimum atomic E-state index is 0. The van der Waals surface area contributed by atoms with E-state index >= 15 is 0 Å². The van der Waals surface area contributed by atoms with Crippen molar-refractivity contribution in [2.75, 3.05) is 34.2 Å². The van der Waals surface area contributed by atoms with E-state index in [0.29, 0.717) is 23.0 Å². The van der Waals surface area contributed by atoms with E-state index in [2.05, 4.69) is 14.9 Å². The minimum absolute atomic E-state index is 0. The van der Waals surface area contributed by atoms with E-state index in [4.69, 9.17) is 11.6 Å². The Kier molecular flexibility index (Phi) is 7.18. The van der Waals surface area contributed by atoms with Crippen LogP contribution in [0.2, 0.25) is 5.02 Å². The molecule has 1 aromatic carbocycles. The molecule has 0 aliphatic heterocycles. The van der Waals surface area contributed by atoms with Gasteiger partial charge in [-0.05, 0) is 50.5 Å². The molecule has 0 radical (unpaired) electrons. The molecule has 0 spiro atoms. The highest BCUT2D eigenvalue weighted by Crippen LogP contribution is 2.25. The lowest BCUT2D eigenvalue weighted by molar-refractivity contribution is -0.130. The van der Waals surface area contributed by atoms with Gasteiger partial charge in [-0.25, -0.2) is 9.97 Å². The van der Waals surface area contributed by atoms with Gasteiger partial charge in [0, 0.05) is 36.9 Å². The first kappa shape index (κ1) is 21.2. The third-order valence-corrected chi connectivity index (χ3v) is 4.46. The van der Waals surface area contributed by atoms with Crippen LogP contribution in [0, 0.1) is 0 Å². The quantitative estimate of drug-likeness (QED) is 0.629. The number of carbonyl (C=O) groups excluding carboxylic acids is 1. The molecular formula is C19H23Cl2N5O. The van der Waals surface area contributed by atoms with Crippen molar-refractivity contribution < 1.29 is 4.79 Å². The number of carbonyl (C=O) groups is 1. The summed E-state index contributed by atoms with van der Waals surface area (Å²) in [5.74, 6) is 0.733. The first-order valence-corrected chi connectivity index (χ1v) is 8.79. The summed E-state index contributed by atoms with van der Waals surface area (Å²) in [6.45, 7) is 1.67. The fourth-order valence-corrected chi connectivity index (χ4v) is 2.78. The maximum Gasteiger partial charge on any atom is 0.242 e. The smallest absolute Gasteiger partial charge is 0.242 e. The zero-order valence-electron chi connectivity index (χ0n) is 15.6. The highest BCUT2D eigenvalue weighted by molar-refractivity contribution is 6.30. The molecule has 144 valence electrons. The maximum absolute atomic E-state index is 12.7. The molecule has 27 heavy (non-hydrogen) atoms. The number of imidazole rings is 1. The van der Waals surface area contributed by atoms with Gasteiger partial charge in [0.1, 0.15) is 17.9 Å². The van der Waals surface area contributed by atoms with Crippen LogP contribution in [0.5, 0.6) is 0 Å². The second-order valence-electron chi connectivity index (χ2n) is 6.49. The van der Waals surface area contributed by atoms with Gasteiger partial charge in [0.25, 0.3) is 0 Å². The number of likely N-dealkylation sites (N-methyl/N-ethyl adjacent to an activating group) is 2. The van der Waals surface area contributed by atoms with Gasteiger partial charge >= 0.3 is 0 Å². The second kappa shape index (κ2) is 9.17. The number of fused-ring (bicyclic) bond motifs is 1. The van der Waals surface area contributed by atoms with Gasteiger partial charge in [0.15, 0.2) is 5.65 Å². The monoisotopic (exact) mass is 407 g/mol. The Labute approximate surface area is 170 Å². The highest BCUT2D eigenvalue weighted by Gasteiger charge is 2.18. The molecule has 0 aliphatic carbocycles. The van der Waals surface area contributed by atoms with E-state index in [-0.39, 0.29) is 24.9 Å². The molecule has 3 rings (SSSR count). The number of hydrogen-bond donors (Lipinski definition) is 0. The first-order chi connectivity index (χ1) is 12.5. The van der Waals surface area contributed by atoms with Crippen molar-refractivity contribution in [2.24, 2.45) is 0 Å². The van der Waals surface area contributed by atoms with Gasteiger partial charge in [-0.15, -0.1) is 12.4 Å². The van der Waals surface area contributed by atoms with Crippen LogP contribution in [0.3, 0.4) is 0 Å². The molecular weight excluding hydrogens is 385 g/mol. The van der Waals surface area contributed by atoms with Crippen molar-refractivity contribution in [1.82, 2.24) is 24.3 Å². The summed E-state index contributed by atoms with van der Waals surface area (Å²) in [6.07, 6.45) is 1.71. The predicted molar refractivity (Wildman–Crippen MR) is 111 cm³/mol. The molecule has 0 unspecified atom stereocenters. The topological polar surface area (TPSA) is 54.3 Å². The number of benzene rings is 1. The number of aromatic nitrogens is 3. The van der Waals surface area contributed by atoms with Crippen molar-refractivity contribution in [3.8, 4) is 11.4 Å². The Morgan fingerprint density at radius 2 is 1.81 bits per heavy atom. The fourth-order valence-electron chi connectivity index (χ4n) is 2.66. The molecule has 1 amide bonds. The zero-order valence-corrected chi connectivity index (χ0v) is 17.2. The Morgan fingerprint density at radius 1 is 1.11 bits per heavy atom. The molecule has 0 atom stereocenters. The van der Waals surface area contributed by atoms with Crippen LogP contribution >= 0.6 is 24.0 Å². The van der Waals surface area contributed by atoms with Crippen LogP contribution in [0.25, 0.3) is 22.6 Å². The summed E-state index contributed by atoms with van der Waals surface area (Å²) >= 11 is 6.00. The van der Waals surface area contributed by atoms with Crippen molar-refractivity contribution in [1.29, 1.82) is 0 Å². The highest BCUT2D eigenvalue weighted by atomic mass is 35.5. The van der Waals surface area contributed by atoms with Crippen molar-refractivity contribution >= 4 is 41.1 Å². The van der Waals surface area contributed by atoms with Crippen LogP contribution in [0.1, 0.15) is 0 Å². The molecule has 8 heteroatoms. The molecule has 2 aromatic heterocycles. The summed E-state index contributed by atoms with van der Waals surface area (Å²) in [4.78, 5) is 25.6. The summed E-state index contributed by atoms with van der Waals surface area (Å²) in [5.41, 5.74) is 2.36. The zero-order chi connectivity index (χ0) is 18.7. The number of nitrogens with zero attached hydrogens (tertiary/aromatic N) is 5. The third kappa shape index (κ3) is 4.97. The normalized spacial score (nSPS) is 10.9. The summed E-state index contributed by atoms with van der Waals surface area (Å²) in [7, 11) is 5.80. The van der Waals surface area contributed by atoms with Crippen LogP contribution in [-0.2, 0) is 11.3 Å². The van der Waals surface area contributed by atoms with E-state index in [1.54, 1.807) is 11.1 Å². The second-order valence-corrected chi connectivity index (χ2v) is 6.93. The van der Waals surface area contributed by atoms with E-state index in [0.717, 1.165) is 17.6 Å². The van der Waals surface area contributed by atoms with Crippen LogP contribution in [0.4, 0.5) is 0 Å². The van der Waals surface area contributed by atoms with E-state index in [9.17, 15) is 4.79 Å². The molecule has 3 aromatic rings. The fraction of sp³-hybridized carbons (Fsp3) is 0.316. The lowest BCUT2D eigenvalue weighted by atomic mass is 10.2. The Bertz CT molecular complexity index is 908. The van der Waals surface area contributed by atoms with Crippen molar-refractivity contribution in [3.05, 3.63) is 47.6 Å². The van der Waals surface area contributed by atoms with Gasteiger partial charge in [-0.2, -0.15) is 0 Å².